The number of nitrogens with one attached hydrogen (secondary N) is 1. The van der Waals surface area contributed by atoms with Crippen LogP contribution in [0, 0.1) is 0 Å². The number of carbonyl (C=O) groups is 2. The lowest BCUT2D eigenvalue weighted by Gasteiger charge is -2.00. The molecule has 0 aliphatic rings. The summed E-state index contributed by atoms with van der Waals surface area (Å²) in [4.78, 5) is 21.5. The normalized spacial score (nSPS) is 12.0. The molecule has 0 saturated carbocycles. The largest absolute Gasteiger partial charge is 0.480 e. The van der Waals surface area contributed by atoms with Crippen LogP contribution < -0.4 is 5.32 Å². The fourth-order valence-corrected chi connectivity index (χ4v) is 2.37. The fraction of sp³-hybridized carbons (Fsp3) is 0.545. The van der Waals surface area contributed by atoms with Crippen LogP contribution in [0.3, 0.4) is 0 Å². The highest BCUT2D eigenvalue weighted by Crippen LogP contribution is 2.10. The molecule has 0 radical (unpaired) electrons. The molecule has 0 atom stereocenters. The average Bonchev–Trinajstić information content (AvgIpc) is 2.62. The van der Waals surface area contributed by atoms with Crippen molar-refractivity contribution in [2.45, 2.75) is 71.1 Å². The minimum Gasteiger partial charge on any atom is -0.480 e. The summed E-state index contributed by atoms with van der Waals surface area (Å²) < 4.78 is 0. The number of allylic oxidation sites excluding steroid dienone is 7. The van der Waals surface area contributed by atoms with Crippen molar-refractivity contribution in [3.63, 3.8) is 0 Å². The SMILES string of the molecule is CCCCCCCCCCC\C=C/C=C/C=C\C=C\C(=O)NCC(=O)O. The number of unbranched alkanes of at least 4 members (excludes halogenated alkanes) is 9. The zero-order valence-electron chi connectivity index (χ0n) is 16.2. The first-order chi connectivity index (χ1) is 12.7. The van der Waals surface area contributed by atoms with E-state index in [-0.39, 0.29) is 6.54 Å². The van der Waals surface area contributed by atoms with Gasteiger partial charge in [0, 0.05) is 6.08 Å². The molecule has 0 aliphatic heterocycles. The third-order valence-corrected chi connectivity index (χ3v) is 3.83. The Balaban J connectivity index is 3.52. The van der Waals surface area contributed by atoms with E-state index in [0.29, 0.717) is 0 Å². The molecule has 0 rings (SSSR count). The van der Waals surface area contributed by atoms with Gasteiger partial charge in [-0.3, -0.25) is 9.59 Å². The highest BCUT2D eigenvalue weighted by molar-refractivity contribution is 5.90. The molecular formula is C22H35NO3. The van der Waals surface area contributed by atoms with Crippen LogP contribution in [0.25, 0.3) is 0 Å². The number of hydrogen-bond donors (Lipinski definition) is 2. The van der Waals surface area contributed by atoms with E-state index >= 15 is 0 Å². The molecule has 2 N–H and O–H groups in total. The number of carboxylic acids is 1. The van der Waals surface area contributed by atoms with Crippen molar-refractivity contribution >= 4 is 11.9 Å². The minimum atomic E-state index is -1.06. The first kappa shape index (κ1) is 23.9. The average molecular weight is 362 g/mol. The van der Waals surface area contributed by atoms with E-state index in [2.05, 4.69) is 18.3 Å². The molecular weight excluding hydrogens is 326 g/mol. The third-order valence-electron chi connectivity index (χ3n) is 3.83. The van der Waals surface area contributed by atoms with Crippen molar-refractivity contribution < 1.29 is 14.7 Å². The van der Waals surface area contributed by atoms with E-state index in [9.17, 15) is 9.59 Å². The van der Waals surface area contributed by atoms with Gasteiger partial charge in [0.05, 0.1) is 0 Å². The van der Waals surface area contributed by atoms with Gasteiger partial charge in [-0.1, -0.05) is 101 Å². The molecule has 0 bridgehead atoms. The molecule has 4 nitrogen and oxygen atoms in total. The standard InChI is InChI=1S/C22H35NO3/c1-2-3-4-5-6-7-8-9-10-11-12-13-14-15-16-17-18-19-21(24)23-20-22(25)26/h12-19H,2-11,20H2,1H3,(H,23,24)(H,25,26)/b13-12-,15-14+,17-16-,19-18+. The predicted octanol–water partition coefficient (Wildman–Crippen LogP) is 5.33. The van der Waals surface area contributed by atoms with Gasteiger partial charge in [0.15, 0.2) is 0 Å². The molecule has 4 heteroatoms. The van der Waals surface area contributed by atoms with Crippen molar-refractivity contribution in [3.05, 3.63) is 48.6 Å². The van der Waals surface area contributed by atoms with Crippen LogP contribution in [0.2, 0.25) is 0 Å². The van der Waals surface area contributed by atoms with Crippen molar-refractivity contribution in [1.29, 1.82) is 0 Å². The van der Waals surface area contributed by atoms with Gasteiger partial charge in [-0.25, -0.2) is 0 Å². The van der Waals surface area contributed by atoms with Crippen LogP contribution in [-0.4, -0.2) is 23.5 Å². The van der Waals surface area contributed by atoms with E-state index in [0.717, 1.165) is 6.42 Å². The van der Waals surface area contributed by atoms with Gasteiger partial charge >= 0.3 is 5.97 Å². The molecule has 0 aromatic heterocycles. The lowest BCUT2D eigenvalue weighted by atomic mass is 10.1. The smallest absolute Gasteiger partial charge is 0.322 e. The molecule has 0 spiro atoms. The van der Waals surface area contributed by atoms with E-state index in [1.165, 1.54) is 63.9 Å². The van der Waals surface area contributed by atoms with Gasteiger partial charge in [-0.05, 0) is 12.8 Å². The van der Waals surface area contributed by atoms with E-state index < -0.39 is 11.9 Å². The van der Waals surface area contributed by atoms with Gasteiger partial charge in [-0.2, -0.15) is 0 Å². The Morgan fingerprint density at radius 1 is 0.769 bits per heavy atom. The molecule has 0 aliphatic carbocycles. The topological polar surface area (TPSA) is 66.4 Å². The second kappa shape index (κ2) is 19.2. The Kier molecular flexibility index (Phi) is 17.7. The van der Waals surface area contributed by atoms with Gasteiger partial charge in [0.2, 0.25) is 5.91 Å². The minimum absolute atomic E-state index is 0.365. The first-order valence-corrected chi connectivity index (χ1v) is 9.83. The lowest BCUT2D eigenvalue weighted by molar-refractivity contribution is -0.137. The van der Waals surface area contributed by atoms with Crippen LogP contribution in [0.5, 0.6) is 0 Å². The Labute approximate surface area is 158 Å². The first-order valence-electron chi connectivity index (χ1n) is 9.83. The molecule has 26 heavy (non-hydrogen) atoms. The molecule has 0 aromatic carbocycles. The predicted molar refractivity (Wildman–Crippen MR) is 109 cm³/mol. The number of amides is 1. The maximum Gasteiger partial charge on any atom is 0.322 e. The van der Waals surface area contributed by atoms with Crippen molar-refractivity contribution in [1.82, 2.24) is 5.32 Å². The van der Waals surface area contributed by atoms with Crippen molar-refractivity contribution in [3.8, 4) is 0 Å². The number of rotatable bonds is 16. The van der Waals surface area contributed by atoms with Crippen LogP contribution in [0.15, 0.2) is 48.6 Å². The summed E-state index contributed by atoms with van der Waals surface area (Å²) in [5.74, 6) is -1.47. The number of aliphatic carboxylic acids is 1. The Morgan fingerprint density at radius 3 is 1.92 bits per heavy atom. The second-order valence-electron chi connectivity index (χ2n) is 6.29. The summed E-state index contributed by atoms with van der Waals surface area (Å²) in [6.45, 7) is 1.89. The van der Waals surface area contributed by atoms with E-state index in [1.807, 2.05) is 24.3 Å². The molecule has 146 valence electrons. The number of carboxylic acid groups (broad SMARTS) is 1. The summed E-state index contributed by atoms with van der Waals surface area (Å²) in [5.41, 5.74) is 0. The molecule has 1 amide bonds. The quantitative estimate of drug-likeness (QED) is 0.222. The molecule has 0 unspecified atom stereocenters. The monoisotopic (exact) mass is 361 g/mol. The second-order valence-corrected chi connectivity index (χ2v) is 6.29. The Morgan fingerprint density at radius 2 is 1.31 bits per heavy atom. The van der Waals surface area contributed by atoms with Crippen LogP contribution in [0.1, 0.15) is 71.1 Å². The van der Waals surface area contributed by atoms with Gasteiger partial charge in [0.1, 0.15) is 6.54 Å². The van der Waals surface area contributed by atoms with Crippen LogP contribution in [-0.2, 0) is 9.59 Å². The van der Waals surface area contributed by atoms with Crippen molar-refractivity contribution in [2.24, 2.45) is 0 Å². The van der Waals surface area contributed by atoms with Crippen LogP contribution in [0.4, 0.5) is 0 Å². The summed E-state index contributed by atoms with van der Waals surface area (Å²) in [7, 11) is 0. The highest BCUT2D eigenvalue weighted by atomic mass is 16.4. The lowest BCUT2D eigenvalue weighted by Crippen LogP contribution is -2.27. The van der Waals surface area contributed by atoms with E-state index in [1.54, 1.807) is 12.2 Å². The van der Waals surface area contributed by atoms with Gasteiger partial charge < -0.3 is 10.4 Å². The Bertz CT molecular complexity index is 476. The highest BCUT2D eigenvalue weighted by Gasteiger charge is 1.97. The molecule has 0 fully saturated rings. The number of hydrogen-bond acceptors (Lipinski definition) is 2. The summed E-state index contributed by atoms with van der Waals surface area (Å²) in [6.07, 6.45) is 27.8. The van der Waals surface area contributed by atoms with Crippen LogP contribution >= 0.6 is 0 Å². The fourth-order valence-electron chi connectivity index (χ4n) is 2.37. The third kappa shape index (κ3) is 19.9. The summed E-state index contributed by atoms with van der Waals surface area (Å²) >= 11 is 0. The molecule has 0 aromatic rings. The maximum absolute atomic E-state index is 11.2. The molecule has 0 saturated heterocycles. The zero-order valence-corrected chi connectivity index (χ0v) is 16.2. The molecule has 0 heterocycles. The van der Waals surface area contributed by atoms with Crippen molar-refractivity contribution in [2.75, 3.05) is 6.54 Å². The Hall–Kier alpha value is -2.10. The summed E-state index contributed by atoms with van der Waals surface area (Å²) in [6, 6.07) is 0. The zero-order chi connectivity index (χ0) is 19.3. The number of carbonyl (C=O) groups excluding carboxylic acids is 1. The van der Waals surface area contributed by atoms with Gasteiger partial charge in [0.25, 0.3) is 0 Å². The summed E-state index contributed by atoms with van der Waals surface area (Å²) in [5, 5.41) is 10.7. The van der Waals surface area contributed by atoms with E-state index in [4.69, 9.17) is 5.11 Å². The maximum atomic E-state index is 11.2. The van der Waals surface area contributed by atoms with Gasteiger partial charge in [-0.15, -0.1) is 0 Å².